The van der Waals surface area contributed by atoms with Gasteiger partial charge in [0, 0.05) is 27.9 Å². The van der Waals surface area contributed by atoms with Crippen LogP contribution in [0.3, 0.4) is 0 Å². The second kappa shape index (κ2) is 6.64. The number of pyridine rings is 1. The molecule has 0 N–H and O–H groups in total. The summed E-state index contributed by atoms with van der Waals surface area (Å²) in [6, 6.07) is 23.5. The highest BCUT2D eigenvalue weighted by Gasteiger charge is 2.17. The third-order valence-electron chi connectivity index (χ3n) is 6.13. The number of aromatic nitrogens is 1. The predicted octanol–water partition coefficient (Wildman–Crippen LogP) is 8.22. The van der Waals surface area contributed by atoms with E-state index < -0.39 is 0 Å². The fraction of sp³-hybridized carbons (Fsp3) is 0.107. The van der Waals surface area contributed by atoms with Crippen molar-refractivity contribution in [2.75, 3.05) is 0 Å². The molecule has 0 atom stereocenters. The molecule has 0 aliphatic rings. The molecular weight excluding hydrogens is 385 g/mol. The minimum absolute atomic E-state index is 0.230. The minimum Gasteiger partial charge on any atom is -0.456 e. The van der Waals surface area contributed by atoms with Gasteiger partial charge in [-0.25, -0.2) is 4.39 Å². The van der Waals surface area contributed by atoms with Crippen molar-refractivity contribution >= 4 is 43.5 Å². The van der Waals surface area contributed by atoms with E-state index in [1.807, 2.05) is 42.6 Å². The Bertz CT molecular complexity index is 1630. The van der Waals surface area contributed by atoms with Crippen molar-refractivity contribution in [2.45, 2.75) is 19.8 Å². The maximum atomic E-state index is 14.0. The van der Waals surface area contributed by atoms with Gasteiger partial charge >= 0.3 is 0 Å². The Morgan fingerprint density at radius 3 is 2.48 bits per heavy atom. The van der Waals surface area contributed by atoms with E-state index in [1.54, 1.807) is 6.07 Å². The van der Waals surface area contributed by atoms with Crippen LogP contribution >= 0.6 is 0 Å². The van der Waals surface area contributed by atoms with Gasteiger partial charge in [0.25, 0.3) is 0 Å². The first kappa shape index (κ1) is 18.1. The van der Waals surface area contributed by atoms with Crippen LogP contribution in [0.4, 0.5) is 4.39 Å². The number of benzene rings is 4. The van der Waals surface area contributed by atoms with Gasteiger partial charge < -0.3 is 4.42 Å². The Morgan fingerprint density at radius 2 is 1.61 bits per heavy atom. The molecule has 0 aliphatic heterocycles. The summed E-state index contributed by atoms with van der Waals surface area (Å²) in [5.74, 6) is 0.0691. The Hall–Kier alpha value is -3.72. The molecule has 2 heterocycles. The van der Waals surface area contributed by atoms with E-state index in [9.17, 15) is 4.39 Å². The Kier molecular flexibility index (Phi) is 3.87. The largest absolute Gasteiger partial charge is 0.456 e. The predicted molar refractivity (Wildman–Crippen MR) is 126 cm³/mol. The van der Waals surface area contributed by atoms with Crippen molar-refractivity contribution in [1.29, 1.82) is 0 Å². The van der Waals surface area contributed by atoms with Crippen molar-refractivity contribution in [3.8, 4) is 11.3 Å². The highest BCUT2D eigenvalue weighted by atomic mass is 19.1. The molecule has 31 heavy (non-hydrogen) atoms. The summed E-state index contributed by atoms with van der Waals surface area (Å²) in [5.41, 5.74) is 4.94. The van der Waals surface area contributed by atoms with Gasteiger partial charge in [0.05, 0.1) is 5.69 Å². The average molecular weight is 405 g/mol. The molecule has 3 heteroatoms. The molecule has 0 bridgehead atoms. The van der Waals surface area contributed by atoms with Crippen molar-refractivity contribution in [3.05, 3.63) is 90.4 Å². The molecule has 0 fully saturated rings. The molecule has 0 radical (unpaired) electrons. The third-order valence-corrected chi connectivity index (χ3v) is 6.13. The molecular formula is C28H20FNO. The molecule has 150 valence electrons. The zero-order chi connectivity index (χ0) is 21.1. The fourth-order valence-electron chi connectivity index (χ4n) is 4.61. The van der Waals surface area contributed by atoms with Crippen LogP contribution in [0.15, 0.2) is 83.4 Å². The van der Waals surface area contributed by atoms with Gasteiger partial charge in [-0.2, -0.15) is 0 Å². The first-order valence-corrected chi connectivity index (χ1v) is 10.5. The van der Waals surface area contributed by atoms with Gasteiger partial charge in [-0.05, 0) is 64.0 Å². The summed E-state index contributed by atoms with van der Waals surface area (Å²) in [4.78, 5) is 4.75. The maximum absolute atomic E-state index is 14.0. The molecule has 0 saturated heterocycles. The number of nitrogens with zero attached hydrogens (tertiary/aromatic N) is 1. The number of rotatable bonds is 2. The monoisotopic (exact) mass is 405 g/mol. The summed E-state index contributed by atoms with van der Waals surface area (Å²) in [6.45, 7) is 4.36. The molecule has 0 unspecified atom stereocenters. The lowest BCUT2D eigenvalue weighted by Crippen LogP contribution is -1.92. The normalized spacial score (nSPS) is 12.0. The number of para-hydroxylation sites is 1. The van der Waals surface area contributed by atoms with E-state index in [2.05, 4.69) is 38.1 Å². The van der Waals surface area contributed by atoms with Crippen LogP contribution in [0.5, 0.6) is 0 Å². The summed E-state index contributed by atoms with van der Waals surface area (Å²) in [7, 11) is 0. The number of hydrogen-bond acceptors (Lipinski definition) is 2. The van der Waals surface area contributed by atoms with Crippen molar-refractivity contribution < 1.29 is 8.81 Å². The second-order valence-electron chi connectivity index (χ2n) is 8.38. The first-order valence-electron chi connectivity index (χ1n) is 10.5. The van der Waals surface area contributed by atoms with Crippen LogP contribution < -0.4 is 0 Å². The van der Waals surface area contributed by atoms with Crippen LogP contribution in [0.1, 0.15) is 25.3 Å². The third kappa shape index (κ3) is 2.73. The molecule has 6 aromatic rings. The van der Waals surface area contributed by atoms with Crippen LogP contribution in [-0.4, -0.2) is 4.98 Å². The molecule has 6 rings (SSSR count). The molecule has 0 saturated carbocycles. The van der Waals surface area contributed by atoms with Gasteiger partial charge in [-0.1, -0.05) is 50.2 Å². The highest BCUT2D eigenvalue weighted by Crippen LogP contribution is 2.39. The number of hydrogen-bond donors (Lipinski definition) is 0. The molecule has 4 aromatic carbocycles. The van der Waals surface area contributed by atoms with Crippen molar-refractivity contribution in [2.24, 2.45) is 0 Å². The summed E-state index contributed by atoms with van der Waals surface area (Å²) in [5, 5.41) is 6.15. The average Bonchev–Trinajstić information content (AvgIpc) is 3.16. The lowest BCUT2D eigenvalue weighted by molar-refractivity contribution is 0.630. The lowest BCUT2D eigenvalue weighted by atomic mass is 9.93. The van der Waals surface area contributed by atoms with Gasteiger partial charge in [0.2, 0.25) is 0 Å². The Balaban J connectivity index is 1.71. The SMILES string of the molecule is CC(C)c1cc(-c2nccc3c2ccc2ccc(F)cc23)cc2c1oc1ccccc12. The van der Waals surface area contributed by atoms with Crippen molar-refractivity contribution in [3.63, 3.8) is 0 Å². The van der Waals surface area contributed by atoms with E-state index in [4.69, 9.17) is 9.40 Å². The van der Waals surface area contributed by atoms with E-state index >= 15 is 0 Å². The zero-order valence-electron chi connectivity index (χ0n) is 17.3. The summed E-state index contributed by atoms with van der Waals surface area (Å²) in [6.07, 6.45) is 1.81. The summed E-state index contributed by atoms with van der Waals surface area (Å²) >= 11 is 0. The number of fused-ring (bicyclic) bond motifs is 6. The quantitative estimate of drug-likeness (QED) is 0.271. The van der Waals surface area contributed by atoms with Crippen LogP contribution in [0, 0.1) is 5.82 Å². The van der Waals surface area contributed by atoms with E-state index in [0.29, 0.717) is 5.92 Å². The highest BCUT2D eigenvalue weighted by molar-refractivity contribution is 6.13. The summed E-state index contributed by atoms with van der Waals surface area (Å²) < 4.78 is 20.2. The molecule has 0 spiro atoms. The van der Waals surface area contributed by atoms with Gasteiger partial charge in [-0.3, -0.25) is 4.98 Å². The Morgan fingerprint density at radius 1 is 0.774 bits per heavy atom. The topological polar surface area (TPSA) is 26.0 Å². The minimum atomic E-state index is -0.230. The van der Waals surface area contributed by atoms with Crippen LogP contribution in [0.25, 0.3) is 54.7 Å². The zero-order valence-corrected chi connectivity index (χ0v) is 17.3. The van der Waals surface area contributed by atoms with Crippen LogP contribution in [-0.2, 0) is 0 Å². The molecule has 2 nitrogen and oxygen atoms in total. The number of halogens is 1. The molecule has 0 amide bonds. The Labute approximate surface area is 178 Å². The van der Waals surface area contributed by atoms with Gasteiger partial charge in [-0.15, -0.1) is 0 Å². The fourth-order valence-corrected chi connectivity index (χ4v) is 4.61. The van der Waals surface area contributed by atoms with Gasteiger partial charge in [0.1, 0.15) is 17.0 Å². The van der Waals surface area contributed by atoms with Crippen LogP contribution in [0.2, 0.25) is 0 Å². The van der Waals surface area contributed by atoms with Gasteiger partial charge in [0.15, 0.2) is 0 Å². The molecule has 0 aliphatic carbocycles. The standard InChI is InChI=1S/C28H20FNO/c1-16(2)23-13-18(14-25-21-5-3-4-6-26(21)31-28(23)25)27-22-10-8-17-7-9-19(29)15-24(17)20(22)11-12-30-27/h3-16H,1-2H3. The van der Waals surface area contributed by atoms with E-state index in [0.717, 1.165) is 60.3 Å². The van der Waals surface area contributed by atoms with Crippen molar-refractivity contribution in [1.82, 2.24) is 4.98 Å². The molecule has 2 aromatic heterocycles. The maximum Gasteiger partial charge on any atom is 0.138 e. The number of furan rings is 1. The smallest absolute Gasteiger partial charge is 0.138 e. The first-order chi connectivity index (χ1) is 15.1. The van der Waals surface area contributed by atoms with E-state index in [1.165, 1.54) is 6.07 Å². The lowest BCUT2D eigenvalue weighted by Gasteiger charge is -2.12. The van der Waals surface area contributed by atoms with E-state index in [-0.39, 0.29) is 5.82 Å². The second-order valence-corrected chi connectivity index (χ2v) is 8.38.